The molecule has 114 valence electrons. The highest BCUT2D eigenvalue weighted by molar-refractivity contribution is 5.85. The molecule has 19 heavy (non-hydrogen) atoms. The Hall–Kier alpha value is -0.320. The van der Waals surface area contributed by atoms with Crippen LogP contribution in [0, 0.1) is 5.92 Å². The summed E-state index contributed by atoms with van der Waals surface area (Å²) in [6.45, 7) is 5.75. The number of hydrogen-bond donors (Lipinski definition) is 1. The smallest absolute Gasteiger partial charge is 0.225 e. The summed E-state index contributed by atoms with van der Waals surface area (Å²) in [5.41, 5.74) is 5.59. The number of ether oxygens (including phenoxy) is 1. The SMILES string of the molecule is CCCC1C(C)CCCN1C(=O)CC(CN)OC.Cl. The quantitative estimate of drug-likeness (QED) is 0.816. The molecule has 2 N–H and O–H groups in total. The lowest BCUT2D eigenvalue weighted by Crippen LogP contribution is -2.48. The van der Waals surface area contributed by atoms with E-state index in [0.29, 0.717) is 24.9 Å². The van der Waals surface area contributed by atoms with E-state index in [0.717, 1.165) is 25.8 Å². The van der Waals surface area contributed by atoms with Gasteiger partial charge in [0.15, 0.2) is 0 Å². The van der Waals surface area contributed by atoms with Crippen LogP contribution >= 0.6 is 12.4 Å². The van der Waals surface area contributed by atoms with E-state index in [1.165, 1.54) is 6.42 Å². The summed E-state index contributed by atoms with van der Waals surface area (Å²) in [4.78, 5) is 14.4. The molecule has 1 heterocycles. The van der Waals surface area contributed by atoms with Gasteiger partial charge in [-0.25, -0.2) is 0 Å². The van der Waals surface area contributed by atoms with Crippen LogP contribution in [-0.2, 0) is 9.53 Å². The molecule has 0 aromatic rings. The fraction of sp³-hybridized carbons (Fsp3) is 0.929. The van der Waals surface area contributed by atoms with Crippen molar-refractivity contribution in [3.05, 3.63) is 0 Å². The first-order valence-corrected chi connectivity index (χ1v) is 7.16. The third-order valence-corrected chi connectivity index (χ3v) is 4.02. The van der Waals surface area contributed by atoms with Crippen LogP contribution in [0.3, 0.4) is 0 Å². The van der Waals surface area contributed by atoms with Gasteiger partial charge in [0.25, 0.3) is 0 Å². The third kappa shape index (κ3) is 5.28. The second kappa shape index (κ2) is 9.56. The van der Waals surface area contributed by atoms with E-state index in [-0.39, 0.29) is 24.4 Å². The molecule has 3 atom stereocenters. The highest BCUT2D eigenvalue weighted by atomic mass is 35.5. The van der Waals surface area contributed by atoms with E-state index in [1.807, 2.05) is 0 Å². The van der Waals surface area contributed by atoms with Crippen LogP contribution < -0.4 is 5.73 Å². The van der Waals surface area contributed by atoms with Gasteiger partial charge in [-0.1, -0.05) is 20.3 Å². The van der Waals surface area contributed by atoms with Crippen molar-refractivity contribution in [1.29, 1.82) is 0 Å². The second-order valence-electron chi connectivity index (χ2n) is 5.36. The molecule has 0 spiro atoms. The highest BCUT2D eigenvalue weighted by Gasteiger charge is 2.31. The Morgan fingerprint density at radius 2 is 2.21 bits per heavy atom. The molecular weight excluding hydrogens is 264 g/mol. The molecule has 1 fully saturated rings. The number of rotatable bonds is 6. The zero-order chi connectivity index (χ0) is 13.5. The maximum atomic E-state index is 12.3. The molecule has 4 nitrogen and oxygen atoms in total. The Morgan fingerprint density at radius 3 is 2.74 bits per heavy atom. The van der Waals surface area contributed by atoms with Crippen molar-refractivity contribution in [2.24, 2.45) is 11.7 Å². The molecule has 0 radical (unpaired) electrons. The zero-order valence-corrected chi connectivity index (χ0v) is 13.2. The van der Waals surface area contributed by atoms with E-state index >= 15 is 0 Å². The molecule has 1 aliphatic heterocycles. The van der Waals surface area contributed by atoms with Crippen LogP contribution in [0.4, 0.5) is 0 Å². The molecule has 0 aliphatic carbocycles. The summed E-state index contributed by atoms with van der Waals surface area (Å²) >= 11 is 0. The van der Waals surface area contributed by atoms with Gasteiger partial charge >= 0.3 is 0 Å². The molecule has 1 amide bonds. The Balaban J connectivity index is 0.00000324. The number of nitrogens with zero attached hydrogens (tertiary/aromatic N) is 1. The molecule has 1 saturated heterocycles. The minimum absolute atomic E-state index is 0. The van der Waals surface area contributed by atoms with Crippen LogP contribution in [0.5, 0.6) is 0 Å². The van der Waals surface area contributed by atoms with E-state index in [4.69, 9.17) is 10.5 Å². The summed E-state index contributed by atoms with van der Waals surface area (Å²) in [7, 11) is 1.62. The Labute approximate surface area is 123 Å². The molecule has 0 bridgehead atoms. The first-order valence-electron chi connectivity index (χ1n) is 7.16. The van der Waals surface area contributed by atoms with Crippen LogP contribution in [0.25, 0.3) is 0 Å². The Morgan fingerprint density at radius 1 is 1.53 bits per heavy atom. The van der Waals surface area contributed by atoms with Crippen molar-refractivity contribution in [3.63, 3.8) is 0 Å². The maximum Gasteiger partial charge on any atom is 0.225 e. The zero-order valence-electron chi connectivity index (χ0n) is 12.4. The number of halogens is 1. The summed E-state index contributed by atoms with van der Waals surface area (Å²) < 4.78 is 5.21. The number of methoxy groups -OCH3 is 1. The highest BCUT2D eigenvalue weighted by Crippen LogP contribution is 2.27. The fourth-order valence-electron chi connectivity index (χ4n) is 2.87. The molecule has 0 aromatic heterocycles. The van der Waals surface area contributed by atoms with Gasteiger partial charge in [0, 0.05) is 26.2 Å². The van der Waals surface area contributed by atoms with Gasteiger partial charge in [0.05, 0.1) is 12.5 Å². The predicted molar refractivity (Wildman–Crippen MR) is 80.5 cm³/mol. The number of likely N-dealkylation sites (tertiary alicyclic amines) is 1. The molecular formula is C14H29ClN2O2. The maximum absolute atomic E-state index is 12.3. The van der Waals surface area contributed by atoms with Crippen molar-refractivity contribution in [2.75, 3.05) is 20.2 Å². The second-order valence-corrected chi connectivity index (χ2v) is 5.36. The van der Waals surface area contributed by atoms with E-state index < -0.39 is 0 Å². The van der Waals surface area contributed by atoms with Gasteiger partial charge in [-0.05, 0) is 25.2 Å². The minimum atomic E-state index is -0.142. The van der Waals surface area contributed by atoms with Crippen molar-refractivity contribution in [1.82, 2.24) is 4.90 Å². The first-order chi connectivity index (χ1) is 8.63. The lowest BCUT2D eigenvalue weighted by atomic mass is 9.87. The van der Waals surface area contributed by atoms with Crippen LogP contribution in [-0.4, -0.2) is 43.2 Å². The number of carbonyl (C=O) groups is 1. The molecule has 1 aliphatic rings. The number of piperidine rings is 1. The van der Waals surface area contributed by atoms with Gasteiger partial charge in [-0.3, -0.25) is 4.79 Å². The molecule has 0 saturated carbocycles. The monoisotopic (exact) mass is 292 g/mol. The molecule has 3 unspecified atom stereocenters. The van der Waals surface area contributed by atoms with E-state index in [9.17, 15) is 4.79 Å². The van der Waals surface area contributed by atoms with Gasteiger partial charge in [-0.15, -0.1) is 12.4 Å². The predicted octanol–water partition coefficient (Wildman–Crippen LogP) is 2.20. The number of amides is 1. The Kier molecular flexibility index (Phi) is 9.40. The number of nitrogens with two attached hydrogens (primary N) is 1. The number of carbonyl (C=O) groups excluding carboxylic acids is 1. The van der Waals surface area contributed by atoms with Crippen molar-refractivity contribution in [3.8, 4) is 0 Å². The lowest BCUT2D eigenvalue weighted by molar-refractivity contribution is -0.139. The van der Waals surface area contributed by atoms with Crippen LogP contribution in [0.1, 0.15) is 46.0 Å². The summed E-state index contributed by atoms with van der Waals surface area (Å²) in [6.07, 6.45) is 4.86. The summed E-state index contributed by atoms with van der Waals surface area (Å²) in [5.74, 6) is 0.818. The van der Waals surface area contributed by atoms with Crippen molar-refractivity contribution in [2.45, 2.75) is 58.1 Å². The van der Waals surface area contributed by atoms with Crippen LogP contribution in [0.15, 0.2) is 0 Å². The van der Waals surface area contributed by atoms with Crippen LogP contribution in [0.2, 0.25) is 0 Å². The van der Waals surface area contributed by atoms with Gasteiger partial charge in [0.2, 0.25) is 5.91 Å². The molecule has 1 rings (SSSR count). The van der Waals surface area contributed by atoms with Crippen molar-refractivity contribution >= 4 is 18.3 Å². The van der Waals surface area contributed by atoms with E-state index in [2.05, 4.69) is 18.7 Å². The minimum Gasteiger partial charge on any atom is -0.380 e. The third-order valence-electron chi connectivity index (χ3n) is 4.02. The topological polar surface area (TPSA) is 55.6 Å². The summed E-state index contributed by atoms with van der Waals surface area (Å²) in [6, 6.07) is 0.409. The van der Waals surface area contributed by atoms with E-state index in [1.54, 1.807) is 7.11 Å². The Bertz CT molecular complexity index is 260. The first kappa shape index (κ1) is 18.7. The lowest BCUT2D eigenvalue weighted by Gasteiger charge is -2.40. The van der Waals surface area contributed by atoms with Gasteiger partial charge in [0.1, 0.15) is 0 Å². The molecule has 0 aromatic carbocycles. The fourth-order valence-corrected chi connectivity index (χ4v) is 2.87. The average molecular weight is 293 g/mol. The van der Waals surface area contributed by atoms with Gasteiger partial charge < -0.3 is 15.4 Å². The standard InChI is InChI=1S/C14H28N2O2.ClH/c1-4-6-13-11(2)7-5-8-16(13)14(17)9-12(10-15)18-3;/h11-13H,4-10,15H2,1-3H3;1H. The largest absolute Gasteiger partial charge is 0.380 e. The van der Waals surface area contributed by atoms with Gasteiger partial charge in [-0.2, -0.15) is 0 Å². The average Bonchev–Trinajstić information content (AvgIpc) is 2.38. The molecule has 5 heteroatoms. The summed E-state index contributed by atoms with van der Waals surface area (Å²) in [5, 5.41) is 0. The normalized spacial score (nSPS) is 24.7. The number of hydrogen-bond acceptors (Lipinski definition) is 3. The van der Waals surface area contributed by atoms with Crippen molar-refractivity contribution < 1.29 is 9.53 Å².